The number of benzene rings is 1. The molecule has 5 heteroatoms. The fourth-order valence-electron chi connectivity index (χ4n) is 1.48. The molecular formula is C12H16O4S. The Morgan fingerprint density at radius 3 is 2.76 bits per heavy atom. The third kappa shape index (κ3) is 3.64. The Kier molecular flexibility index (Phi) is 5.31. The van der Waals surface area contributed by atoms with Gasteiger partial charge in [-0.15, -0.1) is 11.8 Å². The summed E-state index contributed by atoms with van der Waals surface area (Å²) in [6.07, 6.45) is 1.65. The predicted octanol–water partition coefficient (Wildman–Crippen LogP) is 2.52. The van der Waals surface area contributed by atoms with Crippen LogP contribution in [0.1, 0.15) is 17.3 Å². The standard InChI is InChI=1S/C12H16O4S/c1-8(7-15-2)16-9-5-4-6-10(17-3)11(9)12(13)14/h4-6,8H,7H2,1-3H3,(H,13,14). The Balaban J connectivity index is 3.02. The molecule has 1 rings (SSSR count). The highest BCUT2D eigenvalue weighted by molar-refractivity contribution is 7.98. The molecule has 1 aromatic carbocycles. The van der Waals surface area contributed by atoms with Crippen molar-refractivity contribution in [2.24, 2.45) is 0 Å². The van der Waals surface area contributed by atoms with Crippen LogP contribution in [-0.4, -0.2) is 37.2 Å². The molecule has 0 saturated heterocycles. The molecule has 0 aliphatic heterocycles. The zero-order valence-corrected chi connectivity index (χ0v) is 10.9. The van der Waals surface area contributed by atoms with Crippen LogP contribution in [0.15, 0.2) is 23.1 Å². The lowest BCUT2D eigenvalue weighted by atomic mass is 10.2. The highest BCUT2D eigenvalue weighted by atomic mass is 32.2. The molecule has 1 N–H and O–H groups in total. The lowest BCUT2D eigenvalue weighted by Gasteiger charge is -2.16. The molecule has 0 saturated carbocycles. The molecule has 1 aromatic rings. The summed E-state index contributed by atoms with van der Waals surface area (Å²) in [6, 6.07) is 5.21. The summed E-state index contributed by atoms with van der Waals surface area (Å²) in [5.74, 6) is -0.594. The summed E-state index contributed by atoms with van der Waals surface area (Å²) in [6.45, 7) is 2.25. The van der Waals surface area contributed by atoms with E-state index in [0.29, 0.717) is 17.3 Å². The van der Waals surface area contributed by atoms with E-state index < -0.39 is 5.97 Å². The molecule has 1 atom stereocenters. The molecule has 0 heterocycles. The maximum absolute atomic E-state index is 11.2. The zero-order valence-electron chi connectivity index (χ0n) is 10.1. The Bertz CT molecular complexity index is 392. The van der Waals surface area contributed by atoms with Gasteiger partial charge in [-0.25, -0.2) is 4.79 Å². The number of hydrogen-bond acceptors (Lipinski definition) is 4. The van der Waals surface area contributed by atoms with Crippen molar-refractivity contribution in [1.29, 1.82) is 0 Å². The summed E-state index contributed by atoms with van der Waals surface area (Å²) < 4.78 is 10.5. The Hall–Kier alpha value is -1.20. The van der Waals surface area contributed by atoms with Crippen molar-refractivity contribution in [3.05, 3.63) is 23.8 Å². The number of methoxy groups -OCH3 is 1. The van der Waals surface area contributed by atoms with Gasteiger partial charge in [0.25, 0.3) is 0 Å². The van der Waals surface area contributed by atoms with E-state index in [2.05, 4.69) is 0 Å². The van der Waals surface area contributed by atoms with Crippen LogP contribution in [-0.2, 0) is 4.74 Å². The molecule has 17 heavy (non-hydrogen) atoms. The number of aromatic carboxylic acids is 1. The van der Waals surface area contributed by atoms with Gasteiger partial charge in [0.2, 0.25) is 0 Å². The SMILES string of the molecule is COCC(C)Oc1cccc(SC)c1C(=O)O. The van der Waals surface area contributed by atoms with E-state index in [1.165, 1.54) is 11.8 Å². The van der Waals surface area contributed by atoms with Crippen LogP contribution in [0.4, 0.5) is 0 Å². The number of carboxylic acids is 1. The summed E-state index contributed by atoms with van der Waals surface area (Å²) in [5, 5.41) is 9.20. The maximum Gasteiger partial charge on any atom is 0.340 e. The highest BCUT2D eigenvalue weighted by Crippen LogP contribution is 2.29. The van der Waals surface area contributed by atoms with E-state index in [-0.39, 0.29) is 11.7 Å². The summed E-state index contributed by atoms with van der Waals surface area (Å²) >= 11 is 1.39. The van der Waals surface area contributed by atoms with Gasteiger partial charge in [0.15, 0.2) is 0 Å². The summed E-state index contributed by atoms with van der Waals surface area (Å²) in [7, 11) is 1.58. The van der Waals surface area contributed by atoms with E-state index in [9.17, 15) is 9.90 Å². The Labute approximate surface area is 105 Å². The third-order valence-electron chi connectivity index (χ3n) is 2.15. The molecule has 0 aromatic heterocycles. The van der Waals surface area contributed by atoms with Crippen LogP contribution in [0.2, 0.25) is 0 Å². The minimum absolute atomic E-state index is 0.185. The second-order valence-electron chi connectivity index (χ2n) is 3.52. The zero-order chi connectivity index (χ0) is 12.8. The first-order chi connectivity index (χ1) is 8.10. The molecule has 0 amide bonds. The normalized spacial score (nSPS) is 12.2. The molecule has 0 spiro atoms. The molecule has 1 unspecified atom stereocenters. The van der Waals surface area contributed by atoms with E-state index in [4.69, 9.17) is 9.47 Å². The van der Waals surface area contributed by atoms with Gasteiger partial charge in [0.05, 0.1) is 6.61 Å². The van der Waals surface area contributed by atoms with Gasteiger partial charge in [-0.05, 0) is 25.3 Å². The van der Waals surface area contributed by atoms with Crippen molar-refractivity contribution in [2.75, 3.05) is 20.0 Å². The number of hydrogen-bond donors (Lipinski definition) is 1. The van der Waals surface area contributed by atoms with Gasteiger partial charge in [-0.3, -0.25) is 0 Å². The van der Waals surface area contributed by atoms with Crippen molar-refractivity contribution >= 4 is 17.7 Å². The molecule has 0 aliphatic carbocycles. The Morgan fingerprint density at radius 1 is 1.53 bits per heavy atom. The number of carboxylic acid groups (broad SMARTS) is 1. The van der Waals surface area contributed by atoms with E-state index >= 15 is 0 Å². The van der Waals surface area contributed by atoms with Gasteiger partial charge in [0, 0.05) is 12.0 Å². The topological polar surface area (TPSA) is 55.8 Å². The van der Waals surface area contributed by atoms with Gasteiger partial charge in [-0.2, -0.15) is 0 Å². The van der Waals surface area contributed by atoms with Gasteiger partial charge in [0.1, 0.15) is 17.4 Å². The smallest absolute Gasteiger partial charge is 0.340 e. The molecular weight excluding hydrogens is 240 g/mol. The van der Waals surface area contributed by atoms with Crippen LogP contribution in [0, 0.1) is 0 Å². The lowest BCUT2D eigenvalue weighted by molar-refractivity contribution is 0.0669. The fourth-order valence-corrected chi connectivity index (χ4v) is 2.08. The molecule has 94 valence electrons. The van der Waals surface area contributed by atoms with Gasteiger partial charge >= 0.3 is 5.97 Å². The first kappa shape index (κ1) is 13.9. The van der Waals surface area contributed by atoms with Crippen LogP contribution < -0.4 is 4.74 Å². The van der Waals surface area contributed by atoms with E-state index in [1.807, 2.05) is 13.2 Å². The van der Waals surface area contributed by atoms with Crippen molar-refractivity contribution < 1.29 is 19.4 Å². The summed E-state index contributed by atoms with van der Waals surface area (Å²) in [4.78, 5) is 11.9. The number of rotatable bonds is 6. The third-order valence-corrected chi connectivity index (χ3v) is 2.93. The average molecular weight is 256 g/mol. The lowest BCUT2D eigenvalue weighted by Crippen LogP contribution is -2.19. The molecule has 0 aliphatic rings. The Morgan fingerprint density at radius 2 is 2.24 bits per heavy atom. The van der Waals surface area contributed by atoms with E-state index in [1.54, 1.807) is 25.3 Å². The van der Waals surface area contributed by atoms with Crippen LogP contribution >= 0.6 is 11.8 Å². The highest BCUT2D eigenvalue weighted by Gasteiger charge is 2.17. The second kappa shape index (κ2) is 6.51. The summed E-state index contributed by atoms with van der Waals surface area (Å²) in [5.41, 5.74) is 0.211. The first-order valence-corrected chi connectivity index (χ1v) is 6.38. The van der Waals surface area contributed by atoms with Gasteiger partial charge in [-0.1, -0.05) is 6.07 Å². The van der Waals surface area contributed by atoms with Crippen LogP contribution in [0.25, 0.3) is 0 Å². The van der Waals surface area contributed by atoms with Crippen molar-refractivity contribution in [3.63, 3.8) is 0 Å². The number of thioether (sulfide) groups is 1. The quantitative estimate of drug-likeness (QED) is 0.793. The molecule has 4 nitrogen and oxygen atoms in total. The van der Waals surface area contributed by atoms with Crippen LogP contribution in [0.5, 0.6) is 5.75 Å². The number of carbonyl (C=O) groups is 1. The molecule has 0 radical (unpaired) electrons. The number of ether oxygens (including phenoxy) is 2. The minimum atomic E-state index is -0.977. The van der Waals surface area contributed by atoms with Gasteiger partial charge < -0.3 is 14.6 Å². The first-order valence-electron chi connectivity index (χ1n) is 5.16. The van der Waals surface area contributed by atoms with Crippen molar-refractivity contribution in [3.8, 4) is 5.75 Å². The molecule has 0 fully saturated rings. The maximum atomic E-state index is 11.2. The largest absolute Gasteiger partial charge is 0.487 e. The average Bonchev–Trinajstić information content (AvgIpc) is 2.28. The predicted molar refractivity (Wildman–Crippen MR) is 67.1 cm³/mol. The van der Waals surface area contributed by atoms with E-state index in [0.717, 1.165) is 0 Å². The van der Waals surface area contributed by atoms with Crippen LogP contribution in [0.3, 0.4) is 0 Å². The minimum Gasteiger partial charge on any atom is -0.487 e. The molecule has 0 bridgehead atoms. The fraction of sp³-hybridized carbons (Fsp3) is 0.417. The van der Waals surface area contributed by atoms with Crippen molar-refractivity contribution in [1.82, 2.24) is 0 Å². The van der Waals surface area contributed by atoms with Crippen molar-refractivity contribution in [2.45, 2.75) is 17.9 Å². The second-order valence-corrected chi connectivity index (χ2v) is 4.37. The monoisotopic (exact) mass is 256 g/mol.